The molecule has 12 heavy (non-hydrogen) atoms. The number of rotatable bonds is 2. The molecule has 1 aromatic heterocycles. The molecule has 0 saturated heterocycles. The van der Waals surface area contributed by atoms with E-state index in [1.807, 2.05) is 6.92 Å². The minimum atomic E-state index is 0.103. The Morgan fingerprint density at radius 1 is 1.75 bits per heavy atom. The summed E-state index contributed by atoms with van der Waals surface area (Å²) in [5, 5.41) is 11.0. The Hall–Kier alpha value is -1.52. The third-order valence-electron chi connectivity index (χ3n) is 1.36. The van der Waals surface area contributed by atoms with E-state index in [0.717, 1.165) is 0 Å². The van der Waals surface area contributed by atoms with E-state index < -0.39 is 0 Å². The molecule has 0 fully saturated rings. The van der Waals surface area contributed by atoms with Gasteiger partial charge in [0, 0.05) is 6.92 Å². The lowest BCUT2D eigenvalue weighted by Gasteiger charge is -2.08. The van der Waals surface area contributed by atoms with Crippen LogP contribution in [0.4, 0.5) is 5.82 Å². The lowest BCUT2D eigenvalue weighted by molar-refractivity contribution is -0.600. The highest BCUT2D eigenvalue weighted by Gasteiger charge is 2.07. The molecule has 0 aliphatic rings. The van der Waals surface area contributed by atoms with Crippen LogP contribution in [0.5, 0.6) is 5.88 Å². The molecule has 5 heteroatoms. The summed E-state index contributed by atoms with van der Waals surface area (Å²) in [4.78, 5) is 3.87. The van der Waals surface area contributed by atoms with Crippen LogP contribution in [0, 0.1) is 12.1 Å². The first-order valence-corrected chi connectivity index (χ1v) is 3.64. The lowest BCUT2D eigenvalue weighted by Crippen LogP contribution is -2.35. The number of ether oxygens (including phenoxy) is 1. The van der Waals surface area contributed by atoms with Crippen LogP contribution >= 0.6 is 0 Å². The van der Waals surface area contributed by atoms with Crippen molar-refractivity contribution in [3.8, 4) is 5.88 Å². The molecule has 0 aromatic carbocycles. The number of nitrogens with two attached hydrogens (primary N) is 1. The zero-order valence-electron chi connectivity index (χ0n) is 7.07. The molecule has 1 aromatic rings. The summed E-state index contributed by atoms with van der Waals surface area (Å²) in [6.07, 6.45) is 0. The molecule has 0 atom stereocenters. The first-order chi connectivity index (χ1) is 5.65. The monoisotopic (exact) mass is 169 g/mol. The number of nitrogens with zero attached hydrogens (tertiary/aromatic N) is 2. The van der Waals surface area contributed by atoms with Crippen LogP contribution < -0.4 is 15.2 Å². The summed E-state index contributed by atoms with van der Waals surface area (Å²) < 4.78 is 5.64. The third kappa shape index (κ3) is 1.55. The Labute approximate surface area is 70.4 Å². The van der Waals surface area contributed by atoms with Crippen molar-refractivity contribution in [1.82, 2.24) is 4.98 Å². The smallest absolute Gasteiger partial charge is 0.296 e. The van der Waals surface area contributed by atoms with Crippen LogP contribution in [-0.4, -0.2) is 11.6 Å². The van der Waals surface area contributed by atoms with Crippen molar-refractivity contribution < 1.29 is 9.47 Å². The molecule has 0 aliphatic carbocycles. The molecule has 5 nitrogen and oxygen atoms in total. The van der Waals surface area contributed by atoms with E-state index in [1.54, 1.807) is 6.92 Å². The van der Waals surface area contributed by atoms with E-state index in [0.29, 0.717) is 23.0 Å². The van der Waals surface area contributed by atoms with Gasteiger partial charge in [0.2, 0.25) is 11.6 Å². The molecule has 66 valence electrons. The fraction of sp³-hybridized carbons (Fsp3) is 0.429. The molecule has 2 N–H and O–H groups in total. The van der Waals surface area contributed by atoms with Crippen molar-refractivity contribution in [2.45, 2.75) is 13.8 Å². The van der Waals surface area contributed by atoms with E-state index in [9.17, 15) is 5.21 Å². The van der Waals surface area contributed by atoms with Gasteiger partial charge in [-0.2, -0.15) is 0 Å². The molecule has 0 saturated carbocycles. The predicted molar refractivity (Wildman–Crippen MR) is 43.5 cm³/mol. The summed E-state index contributed by atoms with van der Waals surface area (Å²) in [5.74, 6) is 0.781. The number of hydrogen-bond acceptors (Lipinski definition) is 4. The summed E-state index contributed by atoms with van der Waals surface area (Å²) in [6, 6.07) is 1.41. The average Bonchev–Trinajstić information content (AvgIpc) is 2.01. The summed E-state index contributed by atoms with van der Waals surface area (Å²) in [5.41, 5.74) is 5.38. The van der Waals surface area contributed by atoms with Crippen LogP contribution in [0.15, 0.2) is 6.07 Å². The molecule has 0 radical (unpaired) electrons. The van der Waals surface area contributed by atoms with E-state index in [2.05, 4.69) is 4.98 Å². The molecule has 1 heterocycles. The van der Waals surface area contributed by atoms with Crippen molar-refractivity contribution in [3.63, 3.8) is 0 Å². The minimum Gasteiger partial charge on any atom is -0.740 e. The second-order valence-electron chi connectivity index (χ2n) is 2.29. The Bertz CT molecular complexity index is 265. The normalized spacial score (nSPS) is 9.83. The maximum Gasteiger partial charge on any atom is 0.296 e. The minimum absolute atomic E-state index is 0.103. The van der Waals surface area contributed by atoms with Gasteiger partial charge in [-0.25, -0.2) is 4.73 Å². The van der Waals surface area contributed by atoms with Gasteiger partial charge in [0.15, 0.2) is 0 Å². The van der Waals surface area contributed by atoms with E-state index in [-0.39, 0.29) is 5.82 Å². The second kappa shape index (κ2) is 3.25. The van der Waals surface area contributed by atoms with Gasteiger partial charge in [-0.05, 0) is 6.92 Å². The molecule has 0 bridgehead atoms. The van der Waals surface area contributed by atoms with Gasteiger partial charge in [-0.3, -0.25) is 0 Å². The summed E-state index contributed by atoms with van der Waals surface area (Å²) in [7, 11) is 0. The topological polar surface area (TPSA) is 75.1 Å². The zero-order chi connectivity index (χ0) is 9.14. The summed E-state index contributed by atoms with van der Waals surface area (Å²) in [6.45, 7) is 3.92. The van der Waals surface area contributed by atoms with Crippen molar-refractivity contribution in [3.05, 3.63) is 17.1 Å². The quantitative estimate of drug-likeness (QED) is 0.499. The van der Waals surface area contributed by atoms with Crippen molar-refractivity contribution in [1.29, 1.82) is 0 Å². The fourth-order valence-electron chi connectivity index (χ4n) is 0.831. The Kier molecular flexibility index (Phi) is 2.32. The maximum absolute atomic E-state index is 11.0. The van der Waals surface area contributed by atoms with Gasteiger partial charge >= 0.3 is 0 Å². The Morgan fingerprint density at radius 2 is 2.42 bits per heavy atom. The highest BCUT2D eigenvalue weighted by atomic mass is 16.5. The van der Waals surface area contributed by atoms with Crippen LogP contribution in [-0.2, 0) is 0 Å². The number of hydrogen-bond donors (Lipinski definition) is 1. The fourth-order valence-corrected chi connectivity index (χ4v) is 0.831. The van der Waals surface area contributed by atoms with Gasteiger partial charge in [-0.15, -0.1) is 0 Å². The molecule has 1 rings (SSSR count). The Balaban J connectivity index is 3.04. The lowest BCUT2D eigenvalue weighted by atomic mass is 10.5. The van der Waals surface area contributed by atoms with E-state index in [1.165, 1.54) is 6.07 Å². The van der Waals surface area contributed by atoms with Crippen LogP contribution in [0.25, 0.3) is 0 Å². The molecule has 0 spiro atoms. The number of aromatic nitrogens is 2. The highest BCUT2D eigenvalue weighted by molar-refractivity contribution is 5.27. The standard InChI is InChI=1S/C7H11N3O2/c1-3-12-7-4-6(8)10(11)5(2)9-7/h4H,3,8H2,1-2H3. The number of aryl methyl sites for hydroxylation is 1. The van der Waals surface area contributed by atoms with Crippen LogP contribution in [0.3, 0.4) is 0 Å². The van der Waals surface area contributed by atoms with Gasteiger partial charge < -0.3 is 15.7 Å². The van der Waals surface area contributed by atoms with Crippen molar-refractivity contribution >= 4 is 5.82 Å². The Morgan fingerprint density at radius 3 is 2.92 bits per heavy atom. The highest BCUT2D eigenvalue weighted by Crippen LogP contribution is 2.08. The predicted octanol–water partition coefficient (Wildman–Crippen LogP) is 0.00432. The second-order valence-corrected chi connectivity index (χ2v) is 2.29. The molecular weight excluding hydrogens is 158 g/mol. The van der Waals surface area contributed by atoms with Gasteiger partial charge in [-0.1, -0.05) is 4.98 Å². The van der Waals surface area contributed by atoms with E-state index in [4.69, 9.17) is 10.5 Å². The average molecular weight is 169 g/mol. The van der Waals surface area contributed by atoms with Crippen molar-refractivity contribution in [2.24, 2.45) is 0 Å². The third-order valence-corrected chi connectivity index (χ3v) is 1.36. The SMILES string of the molecule is CCOc1cc(N)[n+]([O-])c(C)n1. The number of nitrogen functional groups attached to an aromatic ring is 1. The molecule has 0 amide bonds. The largest absolute Gasteiger partial charge is 0.740 e. The first-order valence-electron chi connectivity index (χ1n) is 3.64. The van der Waals surface area contributed by atoms with Gasteiger partial charge in [0.1, 0.15) is 0 Å². The molecule has 0 unspecified atom stereocenters. The van der Waals surface area contributed by atoms with Gasteiger partial charge in [0.25, 0.3) is 5.88 Å². The first kappa shape index (κ1) is 8.58. The van der Waals surface area contributed by atoms with E-state index >= 15 is 0 Å². The number of anilines is 1. The molecular formula is C7H11N3O2. The zero-order valence-corrected chi connectivity index (χ0v) is 7.07. The summed E-state index contributed by atoms with van der Waals surface area (Å²) >= 11 is 0. The van der Waals surface area contributed by atoms with Crippen molar-refractivity contribution in [2.75, 3.05) is 12.3 Å². The molecule has 0 aliphatic heterocycles. The van der Waals surface area contributed by atoms with Crippen LogP contribution in [0.1, 0.15) is 12.7 Å². The maximum atomic E-state index is 11.0. The van der Waals surface area contributed by atoms with Crippen LogP contribution in [0.2, 0.25) is 0 Å². The van der Waals surface area contributed by atoms with Gasteiger partial charge in [0.05, 0.1) is 12.7 Å².